The van der Waals surface area contributed by atoms with Gasteiger partial charge in [0.15, 0.2) is 0 Å². The van der Waals surface area contributed by atoms with Gasteiger partial charge in [-0.1, -0.05) is 60.1 Å². The number of hydrogen-bond acceptors (Lipinski definition) is 1. The highest BCUT2D eigenvalue weighted by molar-refractivity contribution is 5.81. The molecule has 0 unspecified atom stereocenters. The molecule has 0 rings (SSSR count). The summed E-state index contributed by atoms with van der Waals surface area (Å²) < 4.78 is 0. The van der Waals surface area contributed by atoms with Crippen LogP contribution in [0, 0.1) is 10.8 Å². The number of carbonyl (C=O) groups is 1. The van der Waals surface area contributed by atoms with Gasteiger partial charge in [-0.25, -0.2) is 0 Å². The molecule has 0 heterocycles. The Hall–Kier alpha value is -0.590. The Morgan fingerprint density at radius 2 is 1.17 bits per heavy atom. The van der Waals surface area contributed by atoms with Crippen molar-refractivity contribution in [3.05, 3.63) is 11.1 Å². The molecule has 0 N–H and O–H groups in total. The lowest BCUT2D eigenvalue weighted by atomic mass is 9.84. The molecule has 0 fully saturated rings. The lowest BCUT2D eigenvalue weighted by Crippen LogP contribution is -2.13. The monoisotopic (exact) mass is 254 g/mol. The van der Waals surface area contributed by atoms with Crippen LogP contribution in [0.5, 0.6) is 0 Å². The quantitative estimate of drug-likeness (QED) is 0.580. The van der Waals surface area contributed by atoms with Crippen molar-refractivity contribution in [2.45, 2.75) is 82.1 Å². The molecule has 0 saturated heterocycles. The average Bonchev–Trinajstić information content (AvgIpc) is 1.95. The van der Waals surface area contributed by atoms with Gasteiger partial charge < -0.3 is 0 Å². The van der Waals surface area contributed by atoms with Crippen LogP contribution in [-0.2, 0) is 4.79 Å². The molecular formula is C17H34O. The molecule has 0 aliphatic rings. The van der Waals surface area contributed by atoms with Gasteiger partial charge in [0.25, 0.3) is 0 Å². The van der Waals surface area contributed by atoms with Crippen LogP contribution in [-0.4, -0.2) is 5.78 Å². The maximum absolute atomic E-state index is 11.9. The van der Waals surface area contributed by atoms with E-state index >= 15 is 0 Å². The molecule has 0 aromatic carbocycles. The van der Waals surface area contributed by atoms with Crippen molar-refractivity contribution in [1.82, 2.24) is 0 Å². The minimum absolute atomic E-state index is 0. The molecule has 0 amide bonds. The highest BCUT2D eigenvalue weighted by Crippen LogP contribution is 2.27. The summed E-state index contributed by atoms with van der Waals surface area (Å²) in [7, 11) is 0. The highest BCUT2D eigenvalue weighted by Gasteiger charge is 2.17. The zero-order valence-electron chi connectivity index (χ0n) is 13.0. The number of carbonyl (C=O) groups excluding carboxylic acids is 1. The molecule has 0 bridgehead atoms. The van der Waals surface area contributed by atoms with Crippen LogP contribution in [0.25, 0.3) is 0 Å². The van der Waals surface area contributed by atoms with E-state index in [-0.39, 0.29) is 12.8 Å². The van der Waals surface area contributed by atoms with E-state index in [1.807, 2.05) is 0 Å². The van der Waals surface area contributed by atoms with Gasteiger partial charge in [0.05, 0.1) is 0 Å². The molecule has 0 saturated carbocycles. The van der Waals surface area contributed by atoms with E-state index in [0.717, 1.165) is 6.42 Å². The summed E-state index contributed by atoms with van der Waals surface area (Å²) >= 11 is 0. The molecule has 18 heavy (non-hydrogen) atoms. The van der Waals surface area contributed by atoms with E-state index in [1.54, 1.807) is 0 Å². The topological polar surface area (TPSA) is 17.1 Å². The molecular weight excluding hydrogens is 220 g/mol. The van der Waals surface area contributed by atoms with Crippen LogP contribution >= 0.6 is 0 Å². The first-order valence-corrected chi connectivity index (χ1v) is 6.58. The van der Waals surface area contributed by atoms with Crippen LogP contribution in [0.1, 0.15) is 82.1 Å². The Kier molecular flexibility index (Phi) is 7.80. The molecule has 0 aliphatic heterocycles. The third-order valence-corrected chi connectivity index (χ3v) is 2.71. The summed E-state index contributed by atoms with van der Waals surface area (Å²) in [6.07, 6.45) is 2.37. The minimum atomic E-state index is 0. The molecule has 0 aromatic heterocycles. The van der Waals surface area contributed by atoms with Gasteiger partial charge in [0, 0.05) is 12.8 Å². The molecule has 0 spiro atoms. The van der Waals surface area contributed by atoms with E-state index in [4.69, 9.17) is 0 Å². The van der Waals surface area contributed by atoms with E-state index < -0.39 is 0 Å². The van der Waals surface area contributed by atoms with Crippen LogP contribution < -0.4 is 0 Å². The van der Waals surface area contributed by atoms with E-state index in [9.17, 15) is 4.79 Å². The SMILES string of the molecule is C.CC(CC(=O)CC(C)(C)C)=C(C)CC(C)(C)C. The Labute approximate surface area is 115 Å². The van der Waals surface area contributed by atoms with Crippen molar-refractivity contribution >= 4 is 5.78 Å². The molecule has 1 nitrogen and oxygen atoms in total. The van der Waals surface area contributed by atoms with Gasteiger partial charge in [-0.15, -0.1) is 0 Å². The average molecular weight is 254 g/mol. The van der Waals surface area contributed by atoms with Crippen LogP contribution in [0.3, 0.4) is 0 Å². The van der Waals surface area contributed by atoms with E-state index in [2.05, 4.69) is 55.4 Å². The summed E-state index contributed by atoms with van der Waals surface area (Å²) in [5.41, 5.74) is 3.04. The Morgan fingerprint density at radius 3 is 1.50 bits per heavy atom. The summed E-state index contributed by atoms with van der Waals surface area (Å²) in [6.45, 7) is 17.3. The van der Waals surface area contributed by atoms with Crippen molar-refractivity contribution in [3.8, 4) is 0 Å². The second kappa shape index (κ2) is 7.11. The van der Waals surface area contributed by atoms with Crippen molar-refractivity contribution in [1.29, 1.82) is 0 Å². The van der Waals surface area contributed by atoms with Gasteiger partial charge >= 0.3 is 0 Å². The van der Waals surface area contributed by atoms with Crippen molar-refractivity contribution < 1.29 is 4.79 Å². The molecule has 0 aliphatic carbocycles. The van der Waals surface area contributed by atoms with Crippen LogP contribution in [0.15, 0.2) is 11.1 Å². The Balaban J connectivity index is 0. The predicted molar refractivity (Wildman–Crippen MR) is 82.9 cm³/mol. The lowest BCUT2D eigenvalue weighted by Gasteiger charge is -2.21. The largest absolute Gasteiger partial charge is 0.299 e. The maximum Gasteiger partial charge on any atom is 0.137 e. The van der Waals surface area contributed by atoms with Crippen LogP contribution in [0.2, 0.25) is 0 Å². The highest BCUT2D eigenvalue weighted by atomic mass is 16.1. The van der Waals surface area contributed by atoms with Gasteiger partial charge in [0.1, 0.15) is 5.78 Å². The number of Topliss-reactive ketones (excluding diaryl/α,β-unsaturated/α-hetero) is 1. The fourth-order valence-corrected chi connectivity index (χ4v) is 2.05. The smallest absolute Gasteiger partial charge is 0.137 e. The standard InChI is InChI=1S/C16H30O.CH4/c1-12(13(2)10-15(3,4)5)9-14(17)11-16(6,7)8;/h9-11H2,1-8H3;1H4. The molecule has 0 aromatic rings. The molecule has 108 valence electrons. The number of allylic oxidation sites excluding steroid dienone is 2. The summed E-state index contributed by atoms with van der Waals surface area (Å²) in [5, 5.41) is 0. The summed E-state index contributed by atoms with van der Waals surface area (Å²) in [4.78, 5) is 11.9. The number of rotatable bonds is 4. The fourth-order valence-electron chi connectivity index (χ4n) is 2.05. The lowest BCUT2D eigenvalue weighted by molar-refractivity contribution is -0.120. The predicted octanol–water partition coefficient (Wildman–Crippen LogP) is 5.79. The third kappa shape index (κ3) is 10.6. The van der Waals surface area contributed by atoms with Gasteiger partial charge in [-0.2, -0.15) is 0 Å². The fraction of sp³-hybridized carbons (Fsp3) is 0.824. The van der Waals surface area contributed by atoms with Gasteiger partial charge in [-0.05, 0) is 31.1 Å². The van der Waals surface area contributed by atoms with Crippen LogP contribution in [0.4, 0.5) is 0 Å². The van der Waals surface area contributed by atoms with Gasteiger partial charge in [-0.3, -0.25) is 4.79 Å². The molecule has 1 heteroatoms. The Morgan fingerprint density at radius 1 is 0.778 bits per heavy atom. The number of hydrogen-bond donors (Lipinski definition) is 0. The van der Waals surface area contributed by atoms with Crippen molar-refractivity contribution in [2.75, 3.05) is 0 Å². The first kappa shape index (κ1) is 19.7. The minimum Gasteiger partial charge on any atom is -0.299 e. The van der Waals surface area contributed by atoms with E-state index in [0.29, 0.717) is 24.0 Å². The first-order chi connectivity index (χ1) is 7.41. The first-order valence-electron chi connectivity index (χ1n) is 6.58. The number of ketones is 1. The van der Waals surface area contributed by atoms with Gasteiger partial charge in [0.2, 0.25) is 0 Å². The zero-order valence-corrected chi connectivity index (χ0v) is 13.0. The second-order valence-corrected chi connectivity index (χ2v) is 7.75. The Bertz CT molecular complexity index is 295. The second-order valence-electron chi connectivity index (χ2n) is 7.75. The summed E-state index contributed by atoms with van der Waals surface area (Å²) in [5.74, 6) is 0.364. The maximum atomic E-state index is 11.9. The zero-order chi connectivity index (χ0) is 13.9. The van der Waals surface area contributed by atoms with Crippen molar-refractivity contribution in [2.24, 2.45) is 10.8 Å². The third-order valence-electron chi connectivity index (χ3n) is 2.71. The van der Waals surface area contributed by atoms with Crippen molar-refractivity contribution in [3.63, 3.8) is 0 Å². The molecule has 0 atom stereocenters. The molecule has 0 radical (unpaired) electrons. The summed E-state index contributed by atoms with van der Waals surface area (Å²) in [6, 6.07) is 0. The van der Waals surface area contributed by atoms with E-state index in [1.165, 1.54) is 11.1 Å². The normalized spacial score (nSPS) is 13.8.